The predicted octanol–water partition coefficient (Wildman–Crippen LogP) is 6.63. The first kappa shape index (κ1) is 25.8. The van der Waals surface area contributed by atoms with Crippen LogP contribution in [0.1, 0.15) is 33.0 Å². The Morgan fingerprint density at radius 1 is 0.949 bits per heavy atom. The maximum Gasteiger partial charge on any atom is 0.343 e. The van der Waals surface area contributed by atoms with Crippen molar-refractivity contribution < 1.29 is 27.8 Å². The number of allylic oxidation sites excluding steroid dienone is 1. The molecule has 0 spiro atoms. The second kappa shape index (κ2) is 10.9. The molecule has 1 aliphatic rings. The molecule has 1 aliphatic heterocycles. The second-order valence-corrected chi connectivity index (χ2v) is 9.06. The molecule has 0 unspecified atom stereocenters. The first-order valence-electron chi connectivity index (χ1n) is 11.7. The summed E-state index contributed by atoms with van der Waals surface area (Å²) >= 11 is 5.89. The van der Waals surface area contributed by atoms with Gasteiger partial charge in [-0.3, -0.25) is 0 Å². The summed E-state index contributed by atoms with van der Waals surface area (Å²) < 4.78 is 45.0. The van der Waals surface area contributed by atoms with E-state index >= 15 is 0 Å². The van der Waals surface area contributed by atoms with Gasteiger partial charge in [0.2, 0.25) is 5.88 Å². The van der Waals surface area contributed by atoms with Crippen LogP contribution in [0.4, 0.5) is 8.78 Å². The SMILES string of the molecule is N#CC1=C(N)Oc2cc(OC(=O)c3ccc(OCc4ccc(Cl)cc4)cc3)ccc2[C@H]1c1ccc(F)cc1F. The molecule has 39 heavy (non-hydrogen) atoms. The van der Waals surface area contributed by atoms with Crippen LogP contribution in [0, 0.1) is 23.0 Å². The Balaban J connectivity index is 1.32. The molecule has 9 heteroatoms. The van der Waals surface area contributed by atoms with E-state index < -0.39 is 23.5 Å². The number of carbonyl (C=O) groups is 1. The van der Waals surface area contributed by atoms with Gasteiger partial charge in [-0.2, -0.15) is 5.26 Å². The highest BCUT2D eigenvalue weighted by Gasteiger charge is 2.33. The number of hydrogen-bond acceptors (Lipinski definition) is 6. The number of fused-ring (bicyclic) bond motifs is 1. The molecule has 5 rings (SSSR count). The molecule has 0 bridgehead atoms. The smallest absolute Gasteiger partial charge is 0.343 e. The average molecular weight is 545 g/mol. The number of carbonyl (C=O) groups excluding carboxylic acids is 1. The van der Waals surface area contributed by atoms with Gasteiger partial charge in [-0.15, -0.1) is 0 Å². The monoisotopic (exact) mass is 544 g/mol. The summed E-state index contributed by atoms with van der Waals surface area (Å²) in [5, 5.41) is 10.3. The standard InChI is InChI=1S/C30H19ClF2N2O4/c31-19-5-1-17(2-6-19)16-37-21-8-3-18(4-9-21)30(36)38-22-10-12-24-27(14-22)39-29(35)25(15-34)28(24)23-11-7-20(32)13-26(23)33/h1-14,28H,16,35H2/t28-/m1/s1. The Kier molecular flexibility index (Phi) is 7.17. The Labute approximate surface area is 227 Å². The van der Waals surface area contributed by atoms with E-state index in [4.69, 9.17) is 31.5 Å². The van der Waals surface area contributed by atoms with Gasteiger partial charge in [-0.25, -0.2) is 13.6 Å². The summed E-state index contributed by atoms with van der Waals surface area (Å²) in [6, 6.07) is 23.2. The Morgan fingerprint density at radius 2 is 1.64 bits per heavy atom. The van der Waals surface area contributed by atoms with Gasteiger partial charge in [0.05, 0.1) is 11.5 Å². The molecule has 194 valence electrons. The van der Waals surface area contributed by atoms with Gasteiger partial charge in [-0.1, -0.05) is 35.9 Å². The van der Waals surface area contributed by atoms with E-state index in [1.54, 1.807) is 42.5 Å². The number of halogens is 3. The molecule has 6 nitrogen and oxygen atoms in total. The third-order valence-corrected chi connectivity index (χ3v) is 6.34. The summed E-state index contributed by atoms with van der Waals surface area (Å²) in [7, 11) is 0. The molecule has 0 amide bonds. The minimum absolute atomic E-state index is 0.0175. The zero-order valence-electron chi connectivity index (χ0n) is 20.2. The molecule has 4 aromatic carbocycles. The number of esters is 1. The van der Waals surface area contributed by atoms with Crippen LogP contribution in [-0.2, 0) is 6.61 Å². The van der Waals surface area contributed by atoms with Gasteiger partial charge in [0.1, 0.15) is 47.1 Å². The van der Waals surface area contributed by atoms with Crippen LogP contribution in [0.2, 0.25) is 5.02 Å². The third kappa shape index (κ3) is 5.54. The van der Waals surface area contributed by atoms with E-state index in [2.05, 4.69) is 0 Å². The van der Waals surface area contributed by atoms with Crippen LogP contribution >= 0.6 is 11.6 Å². The van der Waals surface area contributed by atoms with Gasteiger partial charge >= 0.3 is 5.97 Å². The first-order chi connectivity index (χ1) is 18.8. The maximum atomic E-state index is 14.6. The van der Waals surface area contributed by atoms with Crippen molar-refractivity contribution in [1.82, 2.24) is 0 Å². The number of nitrogens with zero attached hydrogens (tertiary/aromatic N) is 1. The van der Waals surface area contributed by atoms with E-state index in [1.807, 2.05) is 18.2 Å². The molecular formula is C30H19ClF2N2O4. The minimum Gasteiger partial charge on any atom is -0.489 e. The number of nitriles is 1. The largest absolute Gasteiger partial charge is 0.489 e. The van der Waals surface area contributed by atoms with E-state index in [0.717, 1.165) is 17.7 Å². The lowest BCUT2D eigenvalue weighted by molar-refractivity contribution is 0.0734. The number of ether oxygens (including phenoxy) is 3. The highest BCUT2D eigenvalue weighted by atomic mass is 35.5. The van der Waals surface area contributed by atoms with Gasteiger partial charge < -0.3 is 19.9 Å². The molecule has 1 atom stereocenters. The summed E-state index contributed by atoms with van der Waals surface area (Å²) in [6.07, 6.45) is 0. The summed E-state index contributed by atoms with van der Waals surface area (Å²) in [4.78, 5) is 12.8. The van der Waals surface area contributed by atoms with Crippen LogP contribution in [-0.4, -0.2) is 5.97 Å². The topological polar surface area (TPSA) is 94.6 Å². The van der Waals surface area contributed by atoms with Gasteiger partial charge in [0, 0.05) is 28.3 Å². The van der Waals surface area contributed by atoms with Crippen molar-refractivity contribution in [2.45, 2.75) is 12.5 Å². The van der Waals surface area contributed by atoms with Gasteiger partial charge in [0.15, 0.2) is 0 Å². The zero-order valence-corrected chi connectivity index (χ0v) is 20.9. The van der Waals surface area contributed by atoms with Crippen LogP contribution in [0.25, 0.3) is 0 Å². The molecule has 1 heterocycles. The summed E-state index contributed by atoms with van der Waals surface area (Å²) in [5.41, 5.74) is 7.63. The lowest BCUT2D eigenvalue weighted by atomic mass is 9.83. The van der Waals surface area contributed by atoms with Crippen molar-refractivity contribution in [2.75, 3.05) is 0 Å². The number of hydrogen-bond donors (Lipinski definition) is 1. The molecule has 0 radical (unpaired) electrons. The van der Waals surface area contributed by atoms with Gasteiger partial charge in [-0.05, 0) is 54.1 Å². The molecule has 0 aromatic heterocycles. The number of nitrogens with two attached hydrogens (primary N) is 1. The normalized spacial score (nSPS) is 14.2. The van der Waals surface area contributed by atoms with Crippen molar-refractivity contribution in [3.05, 3.63) is 135 Å². The van der Waals surface area contributed by atoms with Crippen LogP contribution in [0.5, 0.6) is 17.2 Å². The third-order valence-electron chi connectivity index (χ3n) is 6.08. The second-order valence-electron chi connectivity index (χ2n) is 8.62. The summed E-state index contributed by atoms with van der Waals surface area (Å²) in [5.74, 6) is -2.46. The van der Waals surface area contributed by atoms with E-state index in [1.165, 1.54) is 18.2 Å². The highest BCUT2D eigenvalue weighted by Crippen LogP contribution is 2.44. The van der Waals surface area contributed by atoms with E-state index in [-0.39, 0.29) is 34.1 Å². The van der Waals surface area contributed by atoms with Gasteiger partial charge in [0.25, 0.3) is 0 Å². The van der Waals surface area contributed by atoms with Crippen LogP contribution in [0.15, 0.2) is 96.4 Å². The Morgan fingerprint density at radius 3 is 2.33 bits per heavy atom. The molecule has 0 fully saturated rings. The van der Waals surface area contributed by atoms with Crippen molar-refractivity contribution in [3.8, 4) is 23.3 Å². The minimum atomic E-state index is -0.926. The quantitative estimate of drug-likeness (QED) is 0.216. The van der Waals surface area contributed by atoms with Crippen molar-refractivity contribution in [1.29, 1.82) is 5.26 Å². The molecule has 2 N–H and O–H groups in total. The molecule has 0 saturated heterocycles. The fourth-order valence-corrected chi connectivity index (χ4v) is 4.28. The first-order valence-corrected chi connectivity index (χ1v) is 12.1. The van der Waals surface area contributed by atoms with E-state index in [0.29, 0.717) is 22.9 Å². The molecule has 0 aliphatic carbocycles. The number of rotatable bonds is 6. The summed E-state index contributed by atoms with van der Waals surface area (Å²) in [6.45, 7) is 0.337. The Hall–Kier alpha value is -4.87. The number of benzene rings is 4. The fourth-order valence-electron chi connectivity index (χ4n) is 4.16. The maximum absolute atomic E-state index is 14.6. The molecular weight excluding hydrogens is 526 g/mol. The van der Waals surface area contributed by atoms with E-state index in [9.17, 15) is 18.8 Å². The molecule has 0 saturated carbocycles. The lowest BCUT2D eigenvalue weighted by Crippen LogP contribution is -2.22. The predicted molar refractivity (Wildman–Crippen MR) is 139 cm³/mol. The Bertz CT molecular complexity index is 1630. The van der Waals surface area contributed by atoms with Crippen molar-refractivity contribution in [3.63, 3.8) is 0 Å². The average Bonchev–Trinajstić information content (AvgIpc) is 2.92. The van der Waals surface area contributed by atoms with Crippen molar-refractivity contribution >= 4 is 17.6 Å². The molecule has 4 aromatic rings. The van der Waals surface area contributed by atoms with Crippen molar-refractivity contribution in [2.24, 2.45) is 5.73 Å². The highest BCUT2D eigenvalue weighted by molar-refractivity contribution is 6.30. The zero-order chi connectivity index (χ0) is 27.5. The fraction of sp³-hybridized carbons (Fsp3) is 0.0667. The lowest BCUT2D eigenvalue weighted by Gasteiger charge is -2.27. The van der Waals surface area contributed by atoms with Crippen LogP contribution in [0.3, 0.4) is 0 Å². The van der Waals surface area contributed by atoms with Crippen LogP contribution < -0.4 is 19.9 Å².